The zero-order valence-corrected chi connectivity index (χ0v) is 10.3. The van der Waals surface area contributed by atoms with Gasteiger partial charge in [-0.15, -0.1) is 0 Å². The average molecular weight is 247 g/mol. The number of likely N-dealkylation sites (N-methyl/N-ethyl adjacent to an activating group) is 1. The highest BCUT2D eigenvalue weighted by atomic mass is 16.6. The summed E-state index contributed by atoms with van der Waals surface area (Å²) in [6.07, 6.45) is -1.54. The molecular weight excluding hydrogens is 230 g/mol. The Hall–Kier alpha value is -1.79. The third-order valence-corrected chi connectivity index (χ3v) is 1.80. The van der Waals surface area contributed by atoms with Crippen molar-refractivity contribution in [3.05, 3.63) is 0 Å². The van der Waals surface area contributed by atoms with Gasteiger partial charge in [0.05, 0.1) is 6.42 Å². The highest BCUT2D eigenvalue weighted by molar-refractivity contribution is 5.84. The Balaban J connectivity index is 4.72. The summed E-state index contributed by atoms with van der Waals surface area (Å²) < 4.78 is 4.94. The van der Waals surface area contributed by atoms with Gasteiger partial charge in [0.1, 0.15) is 11.6 Å². The van der Waals surface area contributed by atoms with E-state index in [1.54, 1.807) is 20.8 Å². The van der Waals surface area contributed by atoms with Crippen molar-refractivity contribution in [1.29, 1.82) is 0 Å². The van der Waals surface area contributed by atoms with E-state index in [2.05, 4.69) is 0 Å². The molecule has 98 valence electrons. The van der Waals surface area contributed by atoms with Crippen LogP contribution in [0.5, 0.6) is 0 Å². The molecule has 0 aliphatic heterocycles. The Kier molecular flexibility index (Phi) is 4.93. The third-order valence-electron chi connectivity index (χ3n) is 1.80. The summed E-state index contributed by atoms with van der Waals surface area (Å²) in [6, 6.07) is -1.44. The SMILES string of the molecule is CN(C(=O)OC(C)(C)C)[C@H](CC(=O)O)C(=O)O. The molecule has 0 aliphatic carbocycles. The molecule has 0 aromatic heterocycles. The summed E-state index contributed by atoms with van der Waals surface area (Å²) in [5.41, 5.74) is -0.766. The van der Waals surface area contributed by atoms with Crippen molar-refractivity contribution >= 4 is 18.0 Å². The van der Waals surface area contributed by atoms with Gasteiger partial charge in [-0.25, -0.2) is 9.59 Å². The smallest absolute Gasteiger partial charge is 0.410 e. The maximum Gasteiger partial charge on any atom is 0.410 e. The second-order valence-electron chi connectivity index (χ2n) is 4.54. The van der Waals surface area contributed by atoms with Gasteiger partial charge in [0.15, 0.2) is 0 Å². The van der Waals surface area contributed by atoms with Gasteiger partial charge >= 0.3 is 18.0 Å². The summed E-state index contributed by atoms with van der Waals surface area (Å²) in [6.45, 7) is 4.89. The molecule has 7 nitrogen and oxygen atoms in total. The summed E-state index contributed by atoms with van der Waals surface area (Å²) in [4.78, 5) is 33.6. The lowest BCUT2D eigenvalue weighted by atomic mass is 10.2. The molecule has 0 radical (unpaired) electrons. The van der Waals surface area contributed by atoms with Gasteiger partial charge in [-0.05, 0) is 20.8 Å². The van der Waals surface area contributed by atoms with Gasteiger partial charge in [-0.2, -0.15) is 0 Å². The van der Waals surface area contributed by atoms with Crippen LogP contribution in [0.1, 0.15) is 27.2 Å². The van der Waals surface area contributed by atoms with E-state index in [0.717, 1.165) is 4.90 Å². The van der Waals surface area contributed by atoms with Crippen LogP contribution in [0.2, 0.25) is 0 Å². The van der Waals surface area contributed by atoms with Gasteiger partial charge < -0.3 is 14.9 Å². The molecule has 17 heavy (non-hydrogen) atoms. The monoisotopic (exact) mass is 247 g/mol. The fraction of sp³-hybridized carbons (Fsp3) is 0.700. The lowest BCUT2D eigenvalue weighted by molar-refractivity contribution is -0.148. The van der Waals surface area contributed by atoms with Crippen LogP contribution in [0.25, 0.3) is 0 Å². The largest absolute Gasteiger partial charge is 0.481 e. The molecule has 0 aromatic rings. The maximum absolute atomic E-state index is 11.5. The number of aliphatic carboxylic acids is 2. The zero-order chi connectivity index (χ0) is 13.8. The fourth-order valence-corrected chi connectivity index (χ4v) is 1.02. The summed E-state index contributed by atoms with van der Waals surface area (Å²) in [5.74, 6) is -2.69. The fourth-order valence-electron chi connectivity index (χ4n) is 1.02. The molecular formula is C10H17NO6. The minimum atomic E-state index is -1.44. The first-order valence-electron chi connectivity index (χ1n) is 4.95. The predicted molar refractivity (Wildman–Crippen MR) is 57.7 cm³/mol. The van der Waals surface area contributed by atoms with Crippen molar-refractivity contribution in [3.63, 3.8) is 0 Å². The van der Waals surface area contributed by atoms with E-state index >= 15 is 0 Å². The molecule has 0 saturated heterocycles. The molecule has 0 aromatic carbocycles. The molecule has 2 N–H and O–H groups in total. The number of carboxylic acid groups (broad SMARTS) is 2. The lowest BCUT2D eigenvalue weighted by Gasteiger charge is -2.27. The van der Waals surface area contributed by atoms with Gasteiger partial charge in [-0.3, -0.25) is 9.69 Å². The highest BCUT2D eigenvalue weighted by Gasteiger charge is 2.31. The number of carbonyl (C=O) groups is 3. The Labute approximate surface area is 99.0 Å². The lowest BCUT2D eigenvalue weighted by Crippen LogP contribution is -2.45. The van der Waals surface area contributed by atoms with Crippen molar-refractivity contribution in [2.45, 2.75) is 38.8 Å². The molecule has 0 bridgehead atoms. The Morgan fingerprint density at radius 2 is 1.71 bits per heavy atom. The number of carboxylic acids is 2. The molecule has 0 spiro atoms. The molecule has 7 heteroatoms. The number of amides is 1. The van der Waals surface area contributed by atoms with Crippen LogP contribution in [0.4, 0.5) is 4.79 Å². The van der Waals surface area contributed by atoms with Crippen molar-refractivity contribution in [2.24, 2.45) is 0 Å². The van der Waals surface area contributed by atoms with E-state index in [1.165, 1.54) is 7.05 Å². The van der Waals surface area contributed by atoms with Crippen LogP contribution in [0.15, 0.2) is 0 Å². The van der Waals surface area contributed by atoms with Crippen molar-refractivity contribution in [3.8, 4) is 0 Å². The summed E-state index contributed by atoms with van der Waals surface area (Å²) >= 11 is 0. The van der Waals surface area contributed by atoms with Crippen LogP contribution >= 0.6 is 0 Å². The summed E-state index contributed by atoms with van der Waals surface area (Å²) in [7, 11) is 1.19. The Morgan fingerprint density at radius 1 is 1.24 bits per heavy atom. The molecule has 0 saturated carbocycles. The van der Waals surface area contributed by atoms with Crippen molar-refractivity contribution < 1.29 is 29.3 Å². The second-order valence-corrected chi connectivity index (χ2v) is 4.54. The zero-order valence-electron chi connectivity index (χ0n) is 10.3. The topological polar surface area (TPSA) is 104 Å². The van der Waals surface area contributed by atoms with Crippen LogP contribution in [-0.4, -0.2) is 51.8 Å². The number of carbonyl (C=O) groups excluding carboxylic acids is 1. The molecule has 0 unspecified atom stereocenters. The first kappa shape index (κ1) is 15.2. The van der Waals surface area contributed by atoms with Crippen LogP contribution < -0.4 is 0 Å². The standard InChI is InChI=1S/C10H17NO6/c1-10(2,3)17-9(16)11(4)6(8(14)15)5-7(12)13/h6H,5H2,1-4H3,(H,12,13)(H,14,15)/t6-/m1/s1. The minimum Gasteiger partial charge on any atom is -0.481 e. The Bertz CT molecular complexity index is 319. The van der Waals surface area contributed by atoms with Crippen LogP contribution in [-0.2, 0) is 14.3 Å². The summed E-state index contributed by atoms with van der Waals surface area (Å²) in [5, 5.41) is 17.4. The molecule has 0 aliphatic rings. The number of hydrogen-bond donors (Lipinski definition) is 2. The highest BCUT2D eigenvalue weighted by Crippen LogP contribution is 2.12. The van der Waals surface area contributed by atoms with E-state index < -0.39 is 36.1 Å². The molecule has 0 rings (SSSR count). The third kappa shape index (κ3) is 5.74. The molecule has 0 heterocycles. The predicted octanol–water partition coefficient (Wildman–Crippen LogP) is 0.781. The van der Waals surface area contributed by atoms with Gasteiger partial charge in [0, 0.05) is 7.05 Å². The van der Waals surface area contributed by atoms with Crippen LogP contribution in [0.3, 0.4) is 0 Å². The van der Waals surface area contributed by atoms with E-state index in [4.69, 9.17) is 14.9 Å². The maximum atomic E-state index is 11.5. The minimum absolute atomic E-state index is 0.676. The van der Waals surface area contributed by atoms with E-state index in [1.807, 2.05) is 0 Å². The number of hydrogen-bond acceptors (Lipinski definition) is 4. The number of ether oxygens (including phenoxy) is 1. The molecule has 1 amide bonds. The average Bonchev–Trinajstić information content (AvgIpc) is 2.09. The van der Waals surface area contributed by atoms with Crippen molar-refractivity contribution in [1.82, 2.24) is 4.90 Å². The van der Waals surface area contributed by atoms with Crippen LogP contribution in [0, 0.1) is 0 Å². The quantitative estimate of drug-likeness (QED) is 0.760. The molecule has 1 atom stereocenters. The normalized spacial score (nSPS) is 12.7. The second kappa shape index (κ2) is 5.51. The van der Waals surface area contributed by atoms with Gasteiger partial charge in [0.2, 0.25) is 0 Å². The first-order valence-corrected chi connectivity index (χ1v) is 4.95. The first-order chi connectivity index (χ1) is 7.54. The van der Waals surface area contributed by atoms with E-state index in [0.29, 0.717) is 0 Å². The Morgan fingerprint density at radius 3 is 2.00 bits per heavy atom. The number of rotatable bonds is 4. The van der Waals surface area contributed by atoms with Crippen molar-refractivity contribution in [2.75, 3.05) is 7.05 Å². The van der Waals surface area contributed by atoms with E-state index in [9.17, 15) is 14.4 Å². The van der Waals surface area contributed by atoms with Gasteiger partial charge in [0.25, 0.3) is 0 Å². The number of nitrogens with zero attached hydrogens (tertiary/aromatic N) is 1. The van der Waals surface area contributed by atoms with Gasteiger partial charge in [-0.1, -0.05) is 0 Å². The molecule has 0 fully saturated rings. The van der Waals surface area contributed by atoms with E-state index in [-0.39, 0.29) is 0 Å².